The predicted octanol–water partition coefficient (Wildman–Crippen LogP) is 4.10. The lowest BCUT2D eigenvalue weighted by molar-refractivity contribution is 0.882. The summed E-state index contributed by atoms with van der Waals surface area (Å²) < 4.78 is 0. The van der Waals surface area contributed by atoms with Crippen molar-refractivity contribution in [3.05, 3.63) is 41.3 Å². The molecule has 1 aromatic carbocycles. The summed E-state index contributed by atoms with van der Waals surface area (Å²) in [6.45, 7) is 1.98. The molecule has 0 bridgehead atoms. The van der Waals surface area contributed by atoms with Crippen molar-refractivity contribution >= 4 is 23.2 Å². The van der Waals surface area contributed by atoms with Gasteiger partial charge in [-0.1, -0.05) is 23.7 Å². The Kier molecular flexibility index (Phi) is 4.61. The summed E-state index contributed by atoms with van der Waals surface area (Å²) >= 11 is 11.6. The minimum Gasteiger partial charge on any atom is -0.123 e. The van der Waals surface area contributed by atoms with Gasteiger partial charge in [0.1, 0.15) is 0 Å². The molecule has 13 heavy (non-hydrogen) atoms. The molecule has 0 saturated carbocycles. The van der Waals surface area contributed by atoms with Gasteiger partial charge in [0.05, 0.1) is 0 Å². The molecule has 1 rings (SSSR count). The number of halogens is 2. The highest BCUT2D eigenvalue weighted by atomic mass is 35.5. The lowest BCUT2D eigenvalue weighted by Gasteiger charge is -2.02. The van der Waals surface area contributed by atoms with Gasteiger partial charge in [-0.05, 0) is 43.9 Å². The van der Waals surface area contributed by atoms with Gasteiger partial charge in [-0.15, -0.1) is 11.6 Å². The van der Waals surface area contributed by atoms with Crippen molar-refractivity contribution in [2.75, 3.05) is 0 Å². The van der Waals surface area contributed by atoms with Crippen LogP contribution in [-0.4, -0.2) is 5.38 Å². The topological polar surface area (TPSA) is 0 Å². The van der Waals surface area contributed by atoms with Crippen molar-refractivity contribution in [1.82, 2.24) is 0 Å². The second-order valence-electron chi connectivity index (χ2n) is 3.08. The van der Waals surface area contributed by atoms with Crippen molar-refractivity contribution in [3.8, 4) is 0 Å². The zero-order valence-electron chi connectivity index (χ0n) is 7.63. The molecule has 0 nitrogen and oxygen atoms in total. The van der Waals surface area contributed by atoms with Crippen molar-refractivity contribution in [2.45, 2.75) is 25.1 Å². The van der Waals surface area contributed by atoms with Crippen molar-refractivity contribution in [2.24, 2.45) is 0 Å². The molecule has 0 spiro atoms. The Morgan fingerprint density at radius 1 is 1.31 bits per heavy atom. The second-order valence-corrected chi connectivity index (χ2v) is 4.20. The van der Waals surface area contributed by atoms with Crippen LogP contribution < -0.4 is 0 Å². The highest BCUT2D eigenvalue weighted by Gasteiger charge is 1.97. The average Bonchev–Trinajstić information content (AvgIpc) is 2.08. The summed E-state index contributed by atoms with van der Waals surface area (Å²) in [5, 5.41) is 0.950. The molecule has 71 valence electrons. The van der Waals surface area contributed by atoms with Crippen LogP contribution in [0.3, 0.4) is 0 Å². The molecule has 0 aromatic heterocycles. The minimum absolute atomic E-state index is 0.160. The molecule has 0 heterocycles. The van der Waals surface area contributed by atoms with Crippen LogP contribution in [0, 0.1) is 6.42 Å². The summed E-state index contributed by atoms with van der Waals surface area (Å²) in [5.74, 6) is 0. The third kappa shape index (κ3) is 4.54. The third-order valence-electron chi connectivity index (χ3n) is 1.84. The molecule has 0 aliphatic heterocycles. The monoisotopic (exact) mass is 215 g/mol. The second kappa shape index (κ2) is 5.51. The molecule has 1 aromatic rings. The molecule has 0 aliphatic carbocycles. The lowest BCUT2D eigenvalue weighted by Crippen LogP contribution is -1.94. The first-order valence-electron chi connectivity index (χ1n) is 4.40. The number of hydrogen-bond donors (Lipinski definition) is 0. The maximum atomic E-state index is 5.79. The number of alkyl halides is 1. The summed E-state index contributed by atoms with van der Waals surface area (Å²) in [6.07, 6.45) is 4.16. The molecule has 1 atom stereocenters. The van der Waals surface area contributed by atoms with Crippen molar-refractivity contribution in [3.63, 3.8) is 0 Å². The predicted molar refractivity (Wildman–Crippen MR) is 59.4 cm³/mol. The Balaban J connectivity index is 2.33. The molecular weight excluding hydrogens is 203 g/mol. The SMILES string of the molecule is CC(Cl)[CH]CCc1ccc(Cl)cc1. The van der Waals surface area contributed by atoms with Gasteiger partial charge in [-0.3, -0.25) is 0 Å². The minimum atomic E-state index is 0.160. The molecule has 2 heteroatoms. The summed E-state index contributed by atoms with van der Waals surface area (Å²) in [7, 11) is 0. The fraction of sp³-hybridized carbons (Fsp3) is 0.364. The fourth-order valence-corrected chi connectivity index (χ4v) is 1.38. The molecule has 0 saturated heterocycles. The molecular formula is C11H13Cl2. The van der Waals surface area contributed by atoms with Gasteiger partial charge in [0.25, 0.3) is 0 Å². The molecule has 1 radical (unpaired) electrons. The molecule has 0 aliphatic rings. The van der Waals surface area contributed by atoms with Crippen molar-refractivity contribution < 1.29 is 0 Å². The fourth-order valence-electron chi connectivity index (χ4n) is 1.13. The Morgan fingerprint density at radius 3 is 2.46 bits per heavy atom. The molecule has 0 N–H and O–H groups in total. The molecule has 1 unspecified atom stereocenters. The Hall–Kier alpha value is -0.200. The molecule has 0 amide bonds. The molecule has 0 fully saturated rings. The van der Waals surface area contributed by atoms with Crippen LogP contribution in [0.2, 0.25) is 5.02 Å². The Morgan fingerprint density at radius 2 is 1.92 bits per heavy atom. The van der Waals surface area contributed by atoms with Gasteiger partial charge in [-0.2, -0.15) is 0 Å². The first-order valence-corrected chi connectivity index (χ1v) is 5.22. The largest absolute Gasteiger partial charge is 0.123 e. The van der Waals surface area contributed by atoms with E-state index in [1.807, 2.05) is 19.1 Å². The van der Waals surface area contributed by atoms with Crippen LogP contribution >= 0.6 is 23.2 Å². The normalized spacial score (nSPS) is 12.8. The van der Waals surface area contributed by atoms with Crippen LogP contribution in [0.25, 0.3) is 0 Å². The van der Waals surface area contributed by atoms with Gasteiger partial charge in [0.2, 0.25) is 0 Å². The van der Waals surface area contributed by atoms with E-state index in [-0.39, 0.29) is 5.38 Å². The van der Waals surface area contributed by atoms with Gasteiger partial charge in [0, 0.05) is 10.4 Å². The van der Waals surface area contributed by atoms with Crippen LogP contribution in [0.5, 0.6) is 0 Å². The van der Waals surface area contributed by atoms with Gasteiger partial charge >= 0.3 is 0 Å². The Bertz CT molecular complexity index is 239. The first kappa shape index (κ1) is 10.9. The highest BCUT2D eigenvalue weighted by molar-refractivity contribution is 6.30. The zero-order valence-corrected chi connectivity index (χ0v) is 9.15. The van der Waals surface area contributed by atoms with E-state index in [9.17, 15) is 0 Å². The number of benzene rings is 1. The lowest BCUT2D eigenvalue weighted by atomic mass is 10.1. The van der Waals surface area contributed by atoms with E-state index >= 15 is 0 Å². The van der Waals surface area contributed by atoms with Gasteiger partial charge in [-0.25, -0.2) is 0 Å². The van der Waals surface area contributed by atoms with Gasteiger partial charge < -0.3 is 0 Å². The van der Waals surface area contributed by atoms with E-state index in [0.717, 1.165) is 17.9 Å². The van der Waals surface area contributed by atoms with Crippen molar-refractivity contribution in [1.29, 1.82) is 0 Å². The quantitative estimate of drug-likeness (QED) is 0.664. The smallest absolute Gasteiger partial charge is 0.0406 e. The van der Waals surface area contributed by atoms with Crippen LogP contribution in [0.1, 0.15) is 18.9 Å². The highest BCUT2D eigenvalue weighted by Crippen LogP contribution is 2.12. The van der Waals surface area contributed by atoms with E-state index in [1.165, 1.54) is 5.56 Å². The maximum Gasteiger partial charge on any atom is 0.0406 e. The number of hydrogen-bond acceptors (Lipinski definition) is 0. The number of aryl methyl sites for hydroxylation is 1. The first-order chi connectivity index (χ1) is 6.18. The van der Waals surface area contributed by atoms with Crippen LogP contribution in [-0.2, 0) is 6.42 Å². The van der Waals surface area contributed by atoms with E-state index in [0.29, 0.717) is 0 Å². The summed E-state index contributed by atoms with van der Waals surface area (Å²) in [5.41, 5.74) is 1.30. The summed E-state index contributed by atoms with van der Waals surface area (Å²) in [6, 6.07) is 7.94. The van der Waals surface area contributed by atoms with Gasteiger partial charge in [0.15, 0.2) is 0 Å². The number of rotatable bonds is 4. The van der Waals surface area contributed by atoms with E-state index in [2.05, 4.69) is 18.6 Å². The van der Waals surface area contributed by atoms with Crippen LogP contribution in [0.4, 0.5) is 0 Å². The average molecular weight is 216 g/mol. The summed E-state index contributed by atoms with van der Waals surface area (Å²) in [4.78, 5) is 0. The zero-order chi connectivity index (χ0) is 9.68. The maximum absolute atomic E-state index is 5.79. The van der Waals surface area contributed by atoms with Crippen LogP contribution in [0.15, 0.2) is 24.3 Å². The van der Waals surface area contributed by atoms with E-state index < -0.39 is 0 Å². The standard InChI is InChI=1S/C11H13Cl2/c1-9(12)3-2-4-10-5-7-11(13)8-6-10/h3,5-9H,2,4H2,1H3. The third-order valence-corrected chi connectivity index (χ3v) is 2.27. The van der Waals surface area contributed by atoms with E-state index in [4.69, 9.17) is 23.2 Å². The van der Waals surface area contributed by atoms with E-state index in [1.54, 1.807) is 0 Å². The Labute approximate surface area is 89.9 Å².